The van der Waals surface area contributed by atoms with Gasteiger partial charge in [0.1, 0.15) is 16.5 Å². The van der Waals surface area contributed by atoms with Crippen LogP contribution in [-0.2, 0) is 6.54 Å². The number of halogens is 1. The molecule has 3 nitrogen and oxygen atoms in total. The number of allylic oxidation sites excluding steroid dienone is 2. The molecule has 22 heavy (non-hydrogen) atoms. The summed E-state index contributed by atoms with van der Waals surface area (Å²) in [5, 5.41) is 0.559. The summed E-state index contributed by atoms with van der Waals surface area (Å²) in [4.78, 5) is 9.24. The summed E-state index contributed by atoms with van der Waals surface area (Å²) in [6.07, 6.45) is 12.3. The van der Waals surface area contributed by atoms with Gasteiger partial charge in [-0.2, -0.15) is 0 Å². The van der Waals surface area contributed by atoms with Crippen molar-refractivity contribution in [1.29, 1.82) is 0 Å². The van der Waals surface area contributed by atoms with Crippen molar-refractivity contribution in [2.75, 3.05) is 0 Å². The normalized spacial score (nSPS) is 21.3. The lowest BCUT2D eigenvalue weighted by atomic mass is 9.97. The van der Waals surface area contributed by atoms with Crippen LogP contribution in [0.3, 0.4) is 0 Å². The van der Waals surface area contributed by atoms with E-state index in [2.05, 4.69) is 35.6 Å². The highest BCUT2D eigenvalue weighted by Gasteiger charge is 2.16. The van der Waals surface area contributed by atoms with Crippen molar-refractivity contribution in [3.8, 4) is 0 Å². The Balaban J connectivity index is 1.89. The van der Waals surface area contributed by atoms with Crippen molar-refractivity contribution >= 4 is 22.8 Å². The highest BCUT2D eigenvalue weighted by Crippen LogP contribution is 2.25. The Labute approximate surface area is 137 Å². The van der Waals surface area contributed by atoms with E-state index in [1.54, 1.807) is 0 Å². The molecule has 0 saturated carbocycles. The highest BCUT2D eigenvalue weighted by molar-refractivity contribution is 6.29. The van der Waals surface area contributed by atoms with Crippen LogP contribution in [0.25, 0.3) is 11.2 Å². The molecule has 3 rings (SSSR count). The molecule has 2 aromatic heterocycles. The summed E-state index contributed by atoms with van der Waals surface area (Å²) in [7, 11) is 0. The van der Waals surface area contributed by atoms with Gasteiger partial charge < -0.3 is 4.57 Å². The maximum absolute atomic E-state index is 6.16. The molecule has 0 spiro atoms. The Hall–Kier alpha value is -1.35. The van der Waals surface area contributed by atoms with Crippen LogP contribution < -0.4 is 0 Å². The van der Waals surface area contributed by atoms with Gasteiger partial charge in [-0.3, -0.25) is 0 Å². The van der Waals surface area contributed by atoms with E-state index < -0.39 is 0 Å². The van der Waals surface area contributed by atoms with Crippen LogP contribution in [0.2, 0.25) is 5.15 Å². The predicted molar refractivity (Wildman–Crippen MR) is 92.3 cm³/mol. The number of aromatic nitrogens is 3. The molecule has 0 aliphatic heterocycles. The van der Waals surface area contributed by atoms with Gasteiger partial charge in [0.2, 0.25) is 0 Å². The summed E-state index contributed by atoms with van der Waals surface area (Å²) < 4.78 is 2.26. The summed E-state index contributed by atoms with van der Waals surface area (Å²) >= 11 is 6.16. The van der Waals surface area contributed by atoms with Crippen LogP contribution in [0, 0.1) is 19.8 Å². The monoisotopic (exact) mass is 317 g/mol. The van der Waals surface area contributed by atoms with Gasteiger partial charge in [-0.1, -0.05) is 30.2 Å². The lowest BCUT2D eigenvalue weighted by Gasteiger charge is -2.17. The third-order valence-corrected chi connectivity index (χ3v) is 4.83. The first-order valence-electron chi connectivity index (χ1n) is 8.30. The summed E-state index contributed by atoms with van der Waals surface area (Å²) in [6, 6.07) is 1.89. The van der Waals surface area contributed by atoms with Gasteiger partial charge in [-0.15, -0.1) is 0 Å². The molecule has 0 fully saturated rings. The fourth-order valence-electron chi connectivity index (χ4n) is 3.38. The van der Waals surface area contributed by atoms with E-state index in [0.717, 1.165) is 29.1 Å². The zero-order valence-electron chi connectivity index (χ0n) is 13.5. The fourth-order valence-corrected chi connectivity index (χ4v) is 3.62. The van der Waals surface area contributed by atoms with E-state index in [1.807, 2.05) is 6.07 Å². The molecule has 0 bridgehead atoms. The van der Waals surface area contributed by atoms with Crippen LogP contribution in [0.1, 0.15) is 49.9 Å². The topological polar surface area (TPSA) is 30.7 Å². The van der Waals surface area contributed by atoms with Gasteiger partial charge in [0.25, 0.3) is 0 Å². The molecule has 1 aliphatic rings. The van der Waals surface area contributed by atoms with Crippen LogP contribution in [0.5, 0.6) is 0 Å². The third-order valence-electron chi connectivity index (χ3n) is 4.64. The van der Waals surface area contributed by atoms with Gasteiger partial charge >= 0.3 is 0 Å². The number of hydrogen-bond donors (Lipinski definition) is 0. The average Bonchev–Trinajstić information content (AvgIpc) is 2.84. The fraction of sp³-hybridized carbons (Fsp3) is 0.556. The number of aryl methyl sites for hydroxylation is 2. The van der Waals surface area contributed by atoms with Crippen molar-refractivity contribution in [2.24, 2.45) is 5.92 Å². The van der Waals surface area contributed by atoms with Gasteiger partial charge in [-0.05, 0) is 63.5 Å². The molecule has 0 N–H and O–H groups in total. The molecule has 118 valence electrons. The first kappa shape index (κ1) is 15.5. The second kappa shape index (κ2) is 6.82. The molecule has 2 heterocycles. The Morgan fingerprint density at radius 2 is 1.95 bits per heavy atom. The molecule has 1 aliphatic carbocycles. The lowest BCUT2D eigenvalue weighted by molar-refractivity contribution is 0.380. The van der Waals surface area contributed by atoms with E-state index in [0.29, 0.717) is 11.1 Å². The number of fused-ring (bicyclic) bond motifs is 1. The quantitative estimate of drug-likeness (QED) is 0.561. The second-order valence-electron chi connectivity index (χ2n) is 6.40. The van der Waals surface area contributed by atoms with Crippen molar-refractivity contribution < 1.29 is 0 Å². The maximum atomic E-state index is 6.16. The zero-order chi connectivity index (χ0) is 15.5. The second-order valence-corrected chi connectivity index (χ2v) is 6.79. The number of rotatable bonds is 2. The number of hydrogen-bond acceptors (Lipinski definition) is 2. The third kappa shape index (κ3) is 3.35. The van der Waals surface area contributed by atoms with Gasteiger partial charge in [0.15, 0.2) is 5.65 Å². The van der Waals surface area contributed by atoms with Crippen LogP contribution in [0.4, 0.5) is 0 Å². The average molecular weight is 318 g/mol. The van der Waals surface area contributed by atoms with E-state index >= 15 is 0 Å². The minimum atomic E-state index is 0.559. The number of nitrogens with zero attached hydrogens (tertiary/aromatic N) is 3. The number of imidazole rings is 1. The SMILES string of the molecule is Cc1cc(Cl)nc2c1nc(C)n2CC1CC/C=C/CCCC1. The van der Waals surface area contributed by atoms with Crippen LogP contribution in [-0.4, -0.2) is 14.5 Å². The molecule has 0 aromatic carbocycles. The molecule has 0 saturated heterocycles. The van der Waals surface area contributed by atoms with E-state index in [4.69, 9.17) is 16.6 Å². The van der Waals surface area contributed by atoms with Crippen molar-refractivity contribution in [3.63, 3.8) is 0 Å². The Bertz CT molecular complexity index is 687. The maximum Gasteiger partial charge on any atom is 0.162 e. The summed E-state index contributed by atoms with van der Waals surface area (Å²) in [6.45, 7) is 5.13. The van der Waals surface area contributed by atoms with Gasteiger partial charge in [0, 0.05) is 6.54 Å². The Kier molecular flexibility index (Phi) is 4.82. The van der Waals surface area contributed by atoms with Crippen molar-refractivity contribution in [3.05, 3.63) is 34.8 Å². The first-order chi connectivity index (χ1) is 10.6. The molecule has 4 heteroatoms. The molecule has 1 atom stereocenters. The number of pyridine rings is 1. The van der Waals surface area contributed by atoms with Gasteiger partial charge in [0.05, 0.1) is 0 Å². The largest absolute Gasteiger partial charge is 0.313 e. The molecule has 2 aromatic rings. The molecular weight excluding hydrogens is 294 g/mol. The smallest absolute Gasteiger partial charge is 0.162 e. The zero-order valence-corrected chi connectivity index (χ0v) is 14.2. The van der Waals surface area contributed by atoms with E-state index in [1.165, 1.54) is 38.5 Å². The van der Waals surface area contributed by atoms with E-state index in [-0.39, 0.29) is 0 Å². The summed E-state index contributed by atoms with van der Waals surface area (Å²) in [5.74, 6) is 1.74. The minimum absolute atomic E-state index is 0.559. The van der Waals surface area contributed by atoms with Crippen LogP contribution in [0.15, 0.2) is 18.2 Å². The first-order valence-corrected chi connectivity index (χ1v) is 8.68. The predicted octanol–water partition coefficient (Wildman–Crippen LogP) is 5.23. The van der Waals surface area contributed by atoms with Crippen molar-refractivity contribution in [2.45, 2.75) is 58.9 Å². The molecule has 0 radical (unpaired) electrons. The Morgan fingerprint density at radius 3 is 2.82 bits per heavy atom. The van der Waals surface area contributed by atoms with Crippen molar-refractivity contribution in [1.82, 2.24) is 14.5 Å². The highest BCUT2D eigenvalue weighted by atomic mass is 35.5. The Morgan fingerprint density at radius 1 is 1.14 bits per heavy atom. The minimum Gasteiger partial charge on any atom is -0.313 e. The molecule has 0 amide bonds. The van der Waals surface area contributed by atoms with E-state index in [9.17, 15) is 0 Å². The summed E-state index contributed by atoms with van der Waals surface area (Å²) in [5.41, 5.74) is 3.04. The van der Waals surface area contributed by atoms with Gasteiger partial charge in [-0.25, -0.2) is 9.97 Å². The van der Waals surface area contributed by atoms with Crippen LogP contribution >= 0.6 is 11.6 Å². The lowest BCUT2D eigenvalue weighted by Crippen LogP contribution is -2.12. The molecular formula is C18H24ClN3. The standard InChI is InChI=1S/C18H24ClN3/c1-13-11-16(19)21-18-17(13)20-14(2)22(18)12-15-9-7-5-3-4-6-8-10-15/h3,5,11,15H,4,6-10,12H2,1-2H3/b5-3+. The molecule has 1 unspecified atom stereocenters.